The maximum Gasteiger partial charge on any atom is 0.406 e. The summed E-state index contributed by atoms with van der Waals surface area (Å²) in [5.41, 5.74) is 0. The lowest BCUT2D eigenvalue weighted by atomic mass is 10.1. The Morgan fingerprint density at radius 3 is 2.23 bits per heavy atom. The van der Waals surface area contributed by atoms with Crippen molar-refractivity contribution >= 4 is 35.5 Å². The number of hydrogen-bond acceptors (Lipinski definition) is 11. The number of carbonyl (C=O) groups excluding carboxylic acids is 4. The predicted octanol–water partition coefficient (Wildman–Crippen LogP) is 0.0736. The number of anilines is 1. The van der Waals surface area contributed by atoms with E-state index < -0.39 is 59.1 Å². The fourth-order valence-electron chi connectivity index (χ4n) is 2.88. The van der Waals surface area contributed by atoms with Gasteiger partial charge in [-0.3, -0.25) is 23.7 Å². The highest BCUT2D eigenvalue weighted by molar-refractivity contribution is 5.89. The van der Waals surface area contributed by atoms with Crippen LogP contribution in [-0.2, 0) is 38.1 Å². The van der Waals surface area contributed by atoms with Crippen molar-refractivity contribution in [3.63, 3.8) is 0 Å². The number of esters is 3. The molecular weight excluding hydrogens is 408 g/mol. The zero-order chi connectivity index (χ0) is 22.6. The fourth-order valence-corrected chi connectivity index (χ4v) is 2.88. The summed E-state index contributed by atoms with van der Waals surface area (Å²) in [4.78, 5) is 60.0. The van der Waals surface area contributed by atoms with Crippen LogP contribution in [-0.4, -0.2) is 63.2 Å². The van der Waals surface area contributed by atoms with Crippen molar-refractivity contribution in [2.45, 2.75) is 52.2 Å². The van der Waals surface area contributed by atoms with Gasteiger partial charge in [0.25, 0.3) is 0 Å². The second-order valence-corrected chi connectivity index (χ2v) is 6.28. The molecule has 0 spiro atoms. The van der Waals surface area contributed by atoms with Crippen LogP contribution in [0.5, 0.6) is 0 Å². The number of carbonyl (C=O) groups is 4. The van der Waals surface area contributed by atoms with Gasteiger partial charge in [-0.25, -0.2) is 0 Å². The Morgan fingerprint density at radius 2 is 1.73 bits per heavy atom. The first-order valence-electron chi connectivity index (χ1n) is 8.63. The van der Waals surface area contributed by atoms with E-state index in [0.29, 0.717) is 0 Å². The molecule has 0 aromatic carbocycles. The van der Waals surface area contributed by atoms with Crippen molar-refractivity contribution in [1.29, 1.82) is 0 Å². The zero-order valence-corrected chi connectivity index (χ0v) is 16.5. The number of hydrogen-bond donors (Lipinski definition) is 1. The van der Waals surface area contributed by atoms with Crippen LogP contribution in [0.25, 0.3) is 0 Å². The molecule has 2 heterocycles. The first kappa shape index (κ1) is 22.7. The van der Waals surface area contributed by atoms with E-state index in [1.165, 1.54) is 0 Å². The van der Waals surface area contributed by atoms with Crippen LogP contribution in [0.15, 0.2) is 6.33 Å². The Bertz CT molecular complexity index is 866. The molecule has 164 valence electrons. The SMILES string of the molecule is CC(=O)Nc1c([N+](=O)[O-])ncn1[C@H]1O[C@@H](COC(C)=O)[C@@H](OC(C)=O)[C@@H]1OC(C)=O. The van der Waals surface area contributed by atoms with E-state index in [1.54, 1.807) is 0 Å². The second-order valence-electron chi connectivity index (χ2n) is 6.28. The van der Waals surface area contributed by atoms with Gasteiger partial charge in [0.15, 0.2) is 18.4 Å². The van der Waals surface area contributed by atoms with Crippen LogP contribution in [0.2, 0.25) is 0 Å². The van der Waals surface area contributed by atoms with Crippen molar-refractivity contribution in [3.05, 3.63) is 16.4 Å². The molecule has 1 aromatic rings. The Hall–Kier alpha value is -3.55. The zero-order valence-electron chi connectivity index (χ0n) is 16.5. The lowest BCUT2D eigenvalue weighted by Gasteiger charge is -2.23. The third-order valence-electron chi connectivity index (χ3n) is 3.86. The molecule has 14 nitrogen and oxygen atoms in total. The van der Waals surface area contributed by atoms with Crippen molar-refractivity contribution in [1.82, 2.24) is 9.55 Å². The van der Waals surface area contributed by atoms with E-state index in [0.717, 1.165) is 38.6 Å². The summed E-state index contributed by atoms with van der Waals surface area (Å²) in [5.74, 6) is -3.76. The number of amides is 1. The van der Waals surface area contributed by atoms with E-state index in [9.17, 15) is 29.3 Å². The smallest absolute Gasteiger partial charge is 0.406 e. The van der Waals surface area contributed by atoms with Gasteiger partial charge < -0.3 is 34.4 Å². The summed E-state index contributed by atoms with van der Waals surface area (Å²) in [6.45, 7) is 4.16. The molecule has 1 saturated heterocycles. The maximum atomic E-state index is 11.7. The molecule has 0 radical (unpaired) electrons. The Labute approximate surface area is 169 Å². The maximum absolute atomic E-state index is 11.7. The summed E-state index contributed by atoms with van der Waals surface area (Å²) in [7, 11) is 0. The van der Waals surface area contributed by atoms with Gasteiger partial charge in [-0.1, -0.05) is 0 Å². The molecular formula is C16H20N4O10. The molecule has 0 unspecified atom stereocenters. The Balaban J connectivity index is 2.51. The highest BCUT2D eigenvalue weighted by Gasteiger charge is 2.52. The van der Waals surface area contributed by atoms with Gasteiger partial charge in [0.1, 0.15) is 12.7 Å². The number of nitrogens with one attached hydrogen (secondary N) is 1. The minimum Gasteiger partial charge on any atom is -0.463 e. The molecule has 0 bridgehead atoms. The molecule has 1 aliphatic rings. The fraction of sp³-hybridized carbons (Fsp3) is 0.562. The van der Waals surface area contributed by atoms with Crippen LogP contribution in [0, 0.1) is 10.1 Å². The minimum atomic E-state index is -1.29. The van der Waals surface area contributed by atoms with Crippen molar-refractivity contribution in [2.75, 3.05) is 11.9 Å². The molecule has 1 amide bonds. The highest BCUT2D eigenvalue weighted by Crippen LogP contribution is 2.38. The summed E-state index contributed by atoms with van der Waals surface area (Å²) in [5, 5.41) is 13.5. The van der Waals surface area contributed by atoms with Crippen LogP contribution in [0.1, 0.15) is 33.9 Å². The number of imidazole rings is 1. The van der Waals surface area contributed by atoms with E-state index in [1.807, 2.05) is 0 Å². The first-order valence-corrected chi connectivity index (χ1v) is 8.63. The predicted molar refractivity (Wildman–Crippen MR) is 94.8 cm³/mol. The number of nitro groups is 1. The number of ether oxygens (including phenoxy) is 4. The van der Waals surface area contributed by atoms with Gasteiger partial charge in [-0.05, 0) is 9.91 Å². The van der Waals surface area contributed by atoms with Crippen molar-refractivity contribution in [2.24, 2.45) is 0 Å². The van der Waals surface area contributed by atoms with E-state index >= 15 is 0 Å². The molecule has 14 heteroatoms. The number of rotatable bonds is 7. The molecule has 1 aromatic heterocycles. The summed E-state index contributed by atoms with van der Waals surface area (Å²) >= 11 is 0. The molecule has 1 N–H and O–H groups in total. The minimum absolute atomic E-state index is 0.329. The lowest BCUT2D eigenvalue weighted by Crippen LogP contribution is -2.40. The average Bonchev–Trinajstić information content (AvgIpc) is 3.14. The first-order chi connectivity index (χ1) is 14.0. The van der Waals surface area contributed by atoms with Crippen molar-refractivity contribution < 1.29 is 43.0 Å². The van der Waals surface area contributed by atoms with Crippen LogP contribution in [0.4, 0.5) is 11.6 Å². The van der Waals surface area contributed by atoms with Gasteiger partial charge in [-0.15, -0.1) is 0 Å². The van der Waals surface area contributed by atoms with Gasteiger partial charge in [-0.2, -0.15) is 0 Å². The normalized spacial score (nSPS) is 22.8. The largest absolute Gasteiger partial charge is 0.463 e. The van der Waals surface area contributed by atoms with E-state index in [2.05, 4.69) is 10.3 Å². The molecule has 0 saturated carbocycles. The summed E-state index contributed by atoms with van der Waals surface area (Å²) in [6, 6.07) is 0. The van der Waals surface area contributed by atoms with Gasteiger partial charge in [0.05, 0.1) is 0 Å². The van der Waals surface area contributed by atoms with Gasteiger partial charge >= 0.3 is 23.7 Å². The topological polar surface area (TPSA) is 178 Å². The van der Waals surface area contributed by atoms with Crippen LogP contribution < -0.4 is 5.32 Å². The molecule has 4 atom stereocenters. The quantitative estimate of drug-likeness (QED) is 0.269. The Kier molecular flexibility index (Phi) is 7.05. The molecule has 2 rings (SSSR count). The molecule has 1 fully saturated rings. The van der Waals surface area contributed by atoms with E-state index in [4.69, 9.17) is 18.9 Å². The highest BCUT2D eigenvalue weighted by atomic mass is 16.7. The summed E-state index contributed by atoms with van der Waals surface area (Å²) in [6.07, 6.45) is -3.85. The van der Waals surface area contributed by atoms with Crippen LogP contribution >= 0.6 is 0 Å². The van der Waals surface area contributed by atoms with Crippen LogP contribution in [0.3, 0.4) is 0 Å². The monoisotopic (exact) mass is 428 g/mol. The molecule has 30 heavy (non-hydrogen) atoms. The van der Waals surface area contributed by atoms with Crippen molar-refractivity contribution in [3.8, 4) is 0 Å². The van der Waals surface area contributed by atoms with Gasteiger partial charge in [0, 0.05) is 27.7 Å². The third-order valence-corrected chi connectivity index (χ3v) is 3.86. The van der Waals surface area contributed by atoms with Gasteiger partial charge in [0.2, 0.25) is 18.1 Å². The summed E-state index contributed by atoms with van der Waals surface area (Å²) < 4.78 is 22.2. The second kappa shape index (κ2) is 9.30. The molecule has 1 aliphatic heterocycles. The number of nitrogens with zero attached hydrogens (tertiary/aromatic N) is 3. The average molecular weight is 428 g/mol. The lowest BCUT2D eigenvalue weighted by molar-refractivity contribution is -0.388. The number of aromatic nitrogens is 2. The third kappa shape index (κ3) is 5.28. The molecule has 0 aliphatic carbocycles. The Morgan fingerprint density at radius 1 is 1.13 bits per heavy atom. The van der Waals surface area contributed by atoms with E-state index in [-0.39, 0.29) is 12.4 Å². The standard InChI is InChI=1S/C16H20N4O10/c1-7(21)18-15-14(20(25)26)17-6-19(15)16-13(29-10(4)24)12(28-9(3)23)11(30-16)5-27-8(2)22/h6,11-13,16H,5H2,1-4H3,(H,18,21)/t11-,12+,13-,16-/m0/s1.